The minimum absolute atomic E-state index is 0.103. The van der Waals surface area contributed by atoms with E-state index in [0.717, 1.165) is 6.42 Å². The lowest BCUT2D eigenvalue weighted by atomic mass is 10.2. The zero-order valence-corrected chi connectivity index (χ0v) is 9.78. The Morgan fingerprint density at radius 3 is 2.81 bits per heavy atom. The average Bonchev–Trinajstić information content (AvgIpc) is 2.30. The van der Waals surface area contributed by atoms with Crippen LogP contribution in [0.5, 0.6) is 5.88 Å². The molecule has 0 aromatic carbocycles. The summed E-state index contributed by atoms with van der Waals surface area (Å²) in [6.07, 6.45) is 4.29. The Labute approximate surface area is 95.3 Å². The van der Waals surface area contributed by atoms with Gasteiger partial charge in [-0.25, -0.2) is 4.98 Å². The fourth-order valence-corrected chi connectivity index (χ4v) is 1.20. The van der Waals surface area contributed by atoms with E-state index in [-0.39, 0.29) is 5.91 Å². The smallest absolute Gasteiger partial charge is 0.251 e. The molecule has 86 valence electrons. The Morgan fingerprint density at radius 1 is 1.56 bits per heavy atom. The van der Waals surface area contributed by atoms with E-state index in [2.05, 4.69) is 10.3 Å². The standard InChI is InChI=1S/C12H16N2O2/c1-4-5-9(2)12(15)14-10-6-7-11(16-3)13-8-10/h5-8H,4H2,1-3H3,(H,14,15)/b9-5-. The molecule has 0 aliphatic carbocycles. The molecule has 16 heavy (non-hydrogen) atoms. The fraction of sp³-hybridized carbons (Fsp3) is 0.333. The number of methoxy groups -OCH3 is 1. The first-order valence-corrected chi connectivity index (χ1v) is 5.15. The minimum Gasteiger partial charge on any atom is -0.481 e. The number of amides is 1. The average molecular weight is 220 g/mol. The van der Waals surface area contributed by atoms with Gasteiger partial charge in [-0.3, -0.25) is 4.79 Å². The van der Waals surface area contributed by atoms with Gasteiger partial charge in [-0.2, -0.15) is 0 Å². The van der Waals surface area contributed by atoms with Crippen LogP contribution in [0.3, 0.4) is 0 Å². The van der Waals surface area contributed by atoms with Crippen LogP contribution in [0, 0.1) is 0 Å². The third-order valence-corrected chi connectivity index (χ3v) is 2.07. The minimum atomic E-state index is -0.103. The van der Waals surface area contributed by atoms with Gasteiger partial charge in [0.15, 0.2) is 0 Å². The summed E-state index contributed by atoms with van der Waals surface area (Å²) >= 11 is 0. The molecule has 1 amide bonds. The molecule has 0 radical (unpaired) electrons. The van der Waals surface area contributed by atoms with Crippen molar-refractivity contribution in [2.24, 2.45) is 0 Å². The van der Waals surface area contributed by atoms with Crippen LogP contribution in [-0.4, -0.2) is 18.0 Å². The number of hydrogen-bond donors (Lipinski definition) is 1. The van der Waals surface area contributed by atoms with Crippen molar-refractivity contribution in [2.75, 3.05) is 12.4 Å². The highest BCUT2D eigenvalue weighted by molar-refractivity contribution is 6.03. The number of ether oxygens (including phenoxy) is 1. The molecule has 0 atom stereocenters. The van der Waals surface area contributed by atoms with Gasteiger partial charge in [-0.1, -0.05) is 13.0 Å². The van der Waals surface area contributed by atoms with Crippen molar-refractivity contribution in [3.63, 3.8) is 0 Å². The van der Waals surface area contributed by atoms with E-state index in [4.69, 9.17) is 4.74 Å². The summed E-state index contributed by atoms with van der Waals surface area (Å²) in [4.78, 5) is 15.6. The molecule has 0 unspecified atom stereocenters. The van der Waals surface area contributed by atoms with Crippen LogP contribution >= 0.6 is 0 Å². The zero-order valence-electron chi connectivity index (χ0n) is 9.78. The number of pyridine rings is 1. The van der Waals surface area contributed by atoms with Crippen molar-refractivity contribution in [3.05, 3.63) is 30.0 Å². The second-order valence-corrected chi connectivity index (χ2v) is 3.34. The molecule has 4 heteroatoms. The summed E-state index contributed by atoms with van der Waals surface area (Å²) in [6, 6.07) is 3.46. The van der Waals surface area contributed by atoms with Crippen molar-refractivity contribution in [3.8, 4) is 5.88 Å². The van der Waals surface area contributed by atoms with E-state index in [9.17, 15) is 4.79 Å². The molecule has 1 aromatic rings. The van der Waals surface area contributed by atoms with E-state index in [1.54, 1.807) is 32.4 Å². The SMILES string of the molecule is CC/C=C(/C)C(=O)Nc1ccc(OC)nc1. The number of nitrogens with one attached hydrogen (secondary N) is 1. The van der Waals surface area contributed by atoms with Gasteiger partial charge < -0.3 is 10.1 Å². The van der Waals surface area contributed by atoms with Crippen LogP contribution < -0.4 is 10.1 Å². The van der Waals surface area contributed by atoms with Gasteiger partial charge in [0.1, 0.15) is 0 Å². The van der Waals surface area contributed by atoms with Crippen LogP contribution in [-0.2, 0) is 4.79 Å². The summed E-state index contributed by atoms with van der Waals surface area (Å²) in [5.74, 6) is 0.424. The topological polar surface area (TPSA) is 51.2 Å². The van der Waals surface area contributed by atoms with Crippen molar-refractivity contribution in [2.45, 2.75) is 20.3 Å². The maximum Gasteiger partial charge on any atom is 0.251 e. The number of allylic oxidation sites excluding steroid dienone is 1. The Kier molecular flexibility index (Phi) is 4.51. The van der Waals surface area contributed by atoms with Crippen LogP contribution in [0.2, 0.25) is 0 Å². The number of anilines is 1. The molecular formula is C12H16N2O2. The molecule has 1 aromatic heterocycles. The van der Waals surface area contributed by atoms with Gasteiger partial charge >= 0.3 is 0 Å². The highest BCUT2D eigenvalue weighted by Crippen LogP contribution is 2.11. The highest BCUT2D eigenvalue weighted by atomic mass is 16.5. The third kappa shape index (κ3) is 3.38. The first kappa shape index (κ1) is 12.2. The second-order valence-electron chi connectivity index (χ2n) is 3.34. The van der Waals surface area contributed by atoms with Crippen LogP contribution in [0.25, 0.3) is 0 Å². The van der Waals surface area contributed by atoms with Gasteiger partial charge in [0.25, 0.3) is 5.91 Å². The summed E-state index contributed by atoms with van der Waals surface area (Å²) in [7, 11) is 1.55. The maximum atomic E-state index is 11.6. The quantitative estimate of drug-likeness (QED) is 0.792. The molecule has 0 saturated carbocycles. The number of nitrogens with zero attached hydrogens (tertiary/aromatic N) is 1. The number of aromatic nitrogens is 1. The molecular weight excluding hydrogens is 204 g/mol. The molecule has 0 aliphatic heterocycles. The largest absolute Gasteiger partial charge is 0.481 e. The van der Waals surface area contributed by atoms with Gasteiger partial charge in [0, 0.05) is 11.6 Å². The van der Waals surface area contributed by atoms with Crippen molar-refractivity contribution in [1.82, 2.24) is 4.98 Å². The molecule has 1 heterocycles. The Bertz CT molecular complexity index is 383. The molecule has 0 spiro atoms. The van der Waals surface area contributed by atoms with Gasteiger partial charge in [-0.05, 0) is 19.4 Å². The first-order valence-electron chi connectivity index (χ1n) is 5.15. The zero-order chi connectivity index (χ0) is 12.0. The molecule has 1 N–H and O–H groups in total. The van der Waals surface area contributed by atoms with E-state index in [1.165, 1.54) is 0 Å². The van der Waals surface area contributed by atoms with E-state index < -0.39 is 0 Å². The normalized spacial score (nSPS) is 11.1. The van der Waals surface area contributed by atoms with Gasteiger partial charge in [0.05, 0.1) is 19.0 Å². The predicted molar refractivity (Wildman–Crippen MR) is 63.5 cm³/mol. The summed E-state index contributed by atoms with van der Waals surface area (Å²) < 4.78 is 4.92. The lowest BCUT2D eigenvalue weighted by molar-refractivity contribution is -0.112. The monoisotopic (exact) mass is 220 g/mol. The maximum absolute atomic E-state index is 11.6. The Morgan fingerprint density at radius 2 is 2.31 bits per heavy atom. The van der Waals surface area contributed by atoms with E-state index >= 15 is 0 Å². The third-order valence-electron chi connectivity index (χ3n) is 2.07. The summed E-state index contributed by atoms with van der Waals surface area (Å²) in [6.45, 7) is 3.78. The number of carbonyl (C=O) groups is 1. The summed E-state index contributed by atoms with van der Waals surface area (Å²) in [5.41, 5.74) is 1.37. The number of carbonyl (C=O) groups excluding carboxylic acids is 1. The van der Waals surface area contributed by atoms with Gasteiger partial charge in [0.2, 0.25) is 5.88 Å². The van der Waals surface area contributed by atoms with E-state index in [1.807, 2.05) is 13.0 Å². The lowest BCUT2D eigenvalue weighted by Gasteiger charge is -2.05. The first-order chi connectivity index (χ1) is 7.67. The highest BCUT2D eigenvalue weighted by Gasteiger charge is 2.04. The fourth-order valence-electron chi connectivity index (χ4n) is 1.20. The van der Waals surface area contributed by atoms with Crippen molar-refractivity contribution in [1.29, 1.82) is 0 Å². The van der Waals surface area contributed by atoms with Gasteiger partial charge in [-0.15, -0.1) is 0 Å². The Balaban J connectivity index is 2.66. The van der Waals surface area contributed by atoms with Crippen molar-refractivity contribution >= 4 is 11.6 Å². The van der Waals surface area contributed by atoms with E-state index in [0.29, 0.717) is 17.1 Å². The number of rotatable bonds is 4. The molecule has 0 bridgehead atoms. The predicted octanol–water partition coefficient (Wildman–Crippen LogP) is 2.38. The lowest BCUT2D eigenvalue weighted by Crippen LogP contribution is -2.12. The molecule has 1 rings (SSSR count). The second kappa shape index (κ2) is 5.90. The Hall–Kier alpha value is -1.84. The van der Waals surface area contributed by atoms with Crippen LogP contribution in [0.4, 0.5) is 5.69 Å². The van der Waals surface area contributed by atoms with Crippen LogP contribution in [0.15, 0.2) is 30.0 Å². The molecule has 0 fully saturated rings. The molecule has 4 nitrogen and oxygen atoms in total. The van der Waals surface area contributed by atoms with Crippen LogP contribution in [0.1, 0.15) is 20.3 Å². The summed E-state index contributed by atoms with van der Waals surface area (Å²) in [5, 5.41) is 2.75. The molecule has 0 saturated heterocycles. The number of hydrogen-bond acceptors (Lipinski definition) is 3. The molecule has 0 aliphatic rings. The van der Waals surface area contributed by atoms with Crippen molar-refractivity contribution < 1.29 is 9.53 Å².